The maximum atomic E-state index is 11.2. The maximum Gasteiger partial charge on any atom is 0.335 e. The zero-order valence-electron chi connectivity index (χ0n) is 12.7. The van der Waals surface area contributed by atoms with E-state index in [0.717, 1.165) is 23.4 Å². The lowest BCUT2D eigenvalue weighted by atomic mass is 10.2. The fraction of sp³-hybridized carbons (Fsp3) is 0.500. The molecule has 1 atom stereocenters. The first-order valence-electron chi connectivity index (χ1n) is 7.39. The Kier molecular flexibility index (Phi) is 3.45. The molecule has 1 N–H and O–H groups in total. The molecule has 3 rings (SSSR count). The largest absolute Gasteiger partial charge is 0.478 e. The van der Waals surface area contributed by atoms with Crippen molar-refractivity contribution in [2.75, 3.05) is 7.05 Å². The Morgan fingerprint density at radius 1 is 1.52 bits per heavy atom. The Balaban J connectivity index is 1.94. The summed E-state index contributed by atoms with van der Waals surface area (Å²) in [5.41, 5.74) is 2.08. The topological polar surface area (TPSA) is 58.4 Å². The molecule has 21 heavy (non-hydrogen) atoms. The molecule has 0 amide bonds. The summed E-state index contributed by atoms with van der Waals surface area (Å²) >= 11 is 0. The number of imidazole rings is 1. The van der Waals surface area contributed by atoms with Crippen molar-refractivity contribution in [2.45, 2.75) is 45.3 Å². The van der Waals surface area contributed by atoms with Crippen LogP contribution in [0.3, 0.4) is 0 Å². The van der Waals surface area contributed by atoms with Gasteiger partial charge in [-0.15, -0.1) is 0 Å². The van der Waals surface area contributed by atoms with Crippen LogP contribution in [0.1, 0.15) is 35.9 Å². The normalized spacial score (nSPS) is 16.6. The van der Waals surface area contributed by atoms with Gasteiger partial charge in [0.15, 0.2) is 0 Å². The van der Waals surface area contributed by atoms with E-state index in [1.54, 1.807) is 18.2 Å². The number of carboxylic acid groups (broad SMARTS) is 1. The Bertz CT molecular complexity index is 688. The smallest absolute Gasteiger partial charge is 0.335 e. The molecule has 1 aliphatic carbocycles. The Morgan fingerprint density at radius 2 is 2.24 bits per heavy atom. The first-order chi connectivity index (χ1) is 9.97. The molecule has 1 aliphatic rings. The molecule has 0 bridgehead atoms. The minimum absolute atomic E-state index is 0.312. The summed E-state index contributed by atoms with van der Waals surface area (Å²) in [7, 11) is 2.17. The Morgan fingerprint density at radius 3 is 2.86 bits per heavy atom. The van der Waals surface area contributed by atoms with Gasteiger partial charge in [-0.3, -0.25) is 4.90 Å². The number of nitrogens with zero attached hydrogens (tertiary/aromatic N) is 3. The number of rotatable bonds is 5. The lowest BCUT2D eigenvalue weighted by Crippen LogP contribution is -2.34. The van der Waals surface area contributed by atoms with Crippen molar-refractivity contribution in [1.29, 1.82) is 0 Å². The van der Waals surface area contributed by atoms with Gasteiger partial charge in [-0.05, 0) is 51.9 Å². The van der Waals surface area contributed by atoms with Crippen LogP contribution in [0.15, 0.2) is 18.2 Å². The lowest BCUT2D eigenvalue weighted by molar-refractivity contribution is 0.0697. The number of carboxylic acids is 1. The van der Waals surface area contributed by atoms with Gasteiger partial charge in [-0.2, -0.15) is 0 Å². The average Bonchev–Trinajstić information content (AvgIpc) is 3.24. The van der Waals surface area contributed by atoms with Gasteiger partial charge in [0.25, 0.3) is 0 Å². The van der Waals surface area contributed by atoms with Crippen LogP contribution in [0, 0.1) is 6.92 Å². The van der Waals surface area contributed by atoms with Crippen LogP contribution in [0.2, 0.25) is 0 Å². The highest BCUT2D eigenvalue weighted by molar-refractivity contribution is 5.92. The maximum absolute atomic E-state index is 11.2. The highest BCUT2D eigenvalue weighted by atomic mass is 16.4. The number of hydrogen-bond donors (Lipinski definition) is 1. The molecule has 0 saturated heterocycles. The van der Waals surface area contributed by atoms with Gasteiger partial charge >= 0.3 is 5.97 Å². The van der Waals surface area contributed by atoms with E-state index in [-0.39, 0.29) is 0 Å². The molecule has 1 aromatic heterocycles. The summed E-state index contributed by atoms with van der Waals surface area (Å²) in [5, 5.41) is 9.16. The van der Waals surface area contributed by atoms with Gasteiger partial charge in [-0.1, -0.05) is 0 Å². The quantitative estimate of drug-likeness (QED) is 0.918. The molecule has 1 fully saturated rings. The van der Waals surface area contributed by atoms with Gasteiger partial charge in [0.1, 0.15) is 5.82 Å². The van der Waals surface area contributed by atoms with Crippen LogP contribution in [0.4, 0.5) is 0 Å². The molecule has 1 heterocycles. The summed E-state index contributed by atoms with van der Waals surface area (Å²) in [6, 6.07) is 6.24. The molecule has 1 saturated carbocycles. The molecule has 5 heteroatoms. The van der Waals surface area contributed by atoms with Crippen LogP contribution in [0.5, 0.6) is 0 Å². The molecule has 0 radical (unpaired) electrons. The third kappa shape index (κ3) is 2.65. The molecular formula is C16H21N3O2. The molecule has 0 aliphatic heterocycles. The predicted octanol–water partition coefficient (Wildman–Crippen LogP) is 2.53. The van der Waals surface area contributed by atoms with Crippen LogP contribution in [0.25, 0.3) is 11.0 Å². The van der Waals surface area contributed by atoms with Crippen molar-refractivity contribution in [3.63, 3.8) is 0 Å². The summed E-state index contributed by atoms with van der Waals surface area (Å²) in [6.07, 6.45) is 2.57. The number of aromatic nitrogens is 2. The van der Waals surface area contributed by atoms with E-state index in [4.69, 9.17) is 5.11 Å². The third-order valence-corrected chi connectivity index (χ3v) is 4.45. The monoisotopic (exact) mass is 287 g/mol. The van der Waals surface area contributed by atoms with Crippen molar-refractivity contribution in [1.82, 2.24) is 14.5 Å². The molecule has 112 valence electrons. The number of aromatic carboxylic acids is 1. The van der Waals surface area contributed by atoms with Crippen LogP contribution in [-0.2, 0) is 6.54 Å². The number of likely N-dealkylation sites (N-methyl/N-ethyl adjacent to an activating group) is 1. The number of carbonyl (C=O) groups is 1. The van der Waals surface area contributed by atoms with Crippen LogP contribution >= 0.6 is 0 Å². The average molecular weight is 287 g/mol. The minimum atomic E-state index is -0.898. The summed E-state index contributed by atoms with van der Waals surface area (Å²) in [4.78, 5) is 18.1. The molecule has 1 aromatic carbocycles. The molecule has 0 spiro atoms. The highest BCUT2D eigenvalue weighted by Gasteiger charge is 2.29. The van der Waals surface area contributed by atoms with E-state index in [1.807, 2.05) is 6.92 Å². The van der Waals surface area contributed by atoms with E-state index in [9.17, 15) is 4.79 Å². The van der Waals surface area contributed by atoms with Crippen molar-refractivity contribution < 1.29 is 9.90 Å². The van der Waals surface area contributed by atoms with Crippen molar-refractivity contribution >= 4 is 17.0 Å². The predicted molar refractivity (Wildman–Crippen MR) is 81.7 cm³/mol. The summed E-state index contributed by atoms with van der Waals surface area (Å²) < 4.78 is 2.13. The highest BCUT2D eigenvalue weighted by Crippen LogP contribution is 2.28. The molecular weight excluding hydrogens is 266 g/mol. The molecule has 5 nitrogen and oxygen atoms in total. The standard InChI is InChI=1S/C16H21N3O2/c1-10(18(3)13-5-6-13)9-19-11(2)17-14-7-4-12(16(20)21)8-15(14)19/h4,7-8,10,13H,5-6,9H2,1-3H3,(H,20,21). The molecule has 1 unspecified atom stereocenters. The van der Waals surface area contributed by atoms with Crippen LogP contribution < -0.4 is 0 Å². The second-order valence-corrected chi connectivity index (χ2v) is 6.02. The zero-order valence-corrected chi connectivity index (χ0v) is 12.7. The van der Waals surface area contributed by atoms with E-state index in [1.165, 1.54) is 12.8 Å². The summed E-state index contributed by atoms with van der Waals surface area (Å²) in [5.74, 6) is 0.0361. The first kappa shape index (κ1) is 14.1. The third-order valence-electron chi connectivity index (χ3n) is 4.45. The van der Waals surface area contributed by atoms with Crippen molar-refractivity contribution in [2.24, 2.45) is 0 Å². The van der Waals surface area contributed by atoms with E-state index in [0.29, 0.717) is 17.6 Å². The summed E-state index contributed by atoms with van der Waals surface area (Å²) in [6.45, 7) is 5.02. The number of hydrogen-bond acceptors (Lipinski definition) is 3. The van der Waals surface area contributed by atoms with Crippen molar-refractivity contribution in [3.05, 3.63) is 29.6 Å². The van der Waals surface area contributed by atoms with Crippen molar-refractivity contribution in [3.8, 4) is 0 Å². The number of aryl methyl sites for hydroxylation is 1. The van der Waals surface area contributed by atoms with E-state index >= 15 is 0 Å². The lowest BCUT2D eigenvalue weighted by Gasteiger charge is -2.25. The van der Waals surface area contributed by atoms with Gasteiger partial charge in [0.2, 0.25) is 0 Å². The van der Waals surface area contributed by atoms with Gasteiger partial charge < -0.3 is 9.67 Å². The van der Waals surface area contributed by atoms with Crippen LogP contribution in [-0.4, -0.2) is 44.7 Å². The Labute approximate surface area is 124 Å². The van der Waals surface area contributed by atoms with Gasteiger partial charge in [0.05, 0.1) is 16.6 Å². The number of fused-ring (bicyclic) bond motifs is 1. The minimum Gasteiger partial charge on any atom is -0.478 e. The number of benzene rings is 1. The first-order valence-corrected chi connectivity index (χ1v) is 7.39. The fourth-order valence-corrected chi connectivity index (χ4v) is 2.84. The SMILES string of the molecule is Cc1nc2ccc(C(=O)O)cc2n1CC(C)N(C)C1CC1. The molecule has 2 aromatic rings. The zero-order chi connectivity index (χ0) is 15.1. The fourth-order valence-electron chi connectivity index (χ4n) is 2.84. The van der Waals surface area contributed by atoms with E-state index < -0.39 is 5.97 Å². The van der Waals surface area contributed by atoms with Gasteiger partial charge in [-0.25, -0.2) is 9.78 Å². The Hall–Kier alpha value is -1.88. The van der Waals surface area contributed by atoms with Gasteiger partial charge in [0, 0.05) is 18.6 Å². The second-order valence-electron chi connectivity index (χ2n) is 6.02. The van der Waals surface area contributed by atoms with E-state index in [2.05, 4.69) is 28.4 Å². The second kappa shape index (κ2) is 5.15.